The lowest BCUT2D eigenvalue weighted by Crippen LogP contribution is -2.26. The molecular weight excluding hydrogens is 380 g/mol. The van der Waals surface area contributed by atoms with Crippen LogP contribution in [0.15, 0.2) is 63.6 Å². The van der Waals surface area contributed by atoms with Gasteiger partial charge in [-0.25, -0.2) is 9.97 Å². The molecule has 0 saturated carbocycles. The molecule has 3 heterocycles. The first kappa shape index (κ1) is 19.2. The van der Waals surface area contributed by atoms with Gasteiger partial charge in [0.1, 0.15) is 17.8 Å². The molecule has 6 nitrogen and oxygen atoms in total. The fourth-order valence-electron chi connectivity index (χ4n) is 3.37. The van der Waals surface area contributed by atoms with Gasteiger partial charge < -0.3 is 10.6 Å². The van der Waals surface area contributed by atoms with E-state index in [0.29, 0.717) is 17.7 Å². The summed E-state index contributed by atoms with van der Waals surface area (Å²) in [6.07, 6.45) is 3.90. The van der Waals surface area contributed by atoms with E-state index < -0.39 is 0 Å². The van der Waals surface area contributed by atoms with Crippen LogP contribution in [-0.4, -0.2) is 21.7 Å². The van der Waals surface area contributed by atoms with Gasteiger partial charge in [-0.05, 0) is 25.0 Å². The first-order valence-electron chi connectivity index (χ1n) is 9.70. The summed E-state index contributed by atoms with van der Waals surface area (Å²) in [6, 6.07) is 14.3. The van der Waals surface area contributed by atoms with E-state index in [0.717, 1.165) is 40.4 Å². The van der Waals surface area contributed by atoms with Gasteiger partial charge in [-0.15, -0.1) is 0 Å². The average molecular weight is 403 g/mol. The lowest BCUT2D eigenvalue weighted by atomic mass is 9.94. The van der Waals surface area contributed by atoms with Crippen molar-refractivity contribution in [3.8, 4) is 6.07 Å². The van der Waals surface area contributed by atoms with Crippen LogP contribution in [0.1, 0.15) is 44.0 Å². The van der Waals surface area contributed by atoms with Gasteiger partial charge in [0.2, 0.25) is 5.95 Å². The number of hydrogen-bond acceptors (Lipinski definition) is 7. The second-order valence-electron chi connectivity index (χ2n) is 7.01. The number of hydrogen-bond donors (Lipinski definition) is 2. The van der Waals surface area contributed by atoms with Gasteiger partial charge in [0, 0.05) is 23.2 Å². The molecule has 0 amide bonds. The maximum Gasteiger partial charge on any atom is 0.223 e. The molecule has 2 aliphatic rings. The van der Waals surface area contributed by atoms with E-state index >= 15 is 0 Å². The van der Waals surface area contributed by atoms with Crippen LogP contribution in [0.25, 0.3) is 5.70 Å². The number of nitrogens with zero attached hydrogens (tertiary/aromatic N) is 4. The van der Waals surface area contributed by atoms with Crippen molar-refractivity contribution in [2.45, 2.75) is 38.8 Å². The Hall–Kier alpha value is -3.11. The van der Waals surface area contributed by atoms with Crippen LogP contribution < -0.4 is 10.6 Å². The van der Waals surface area contributed by atoms with Gasteiger partial charge in [-0.3, -0.25) is 4.99 Å². The zero-order valence-electron chi connectivity index (χ0n) is 16.4. The quantitative estimate of drug-likeness (QED) is 0.732. The monoisotopic (exact) mass is 402 g/mol. The molecule has 2 atom stereocenters. The zero-order chi connectivity index (χ0) is 20.2. The summed E-state index contributed by atoms with van der Waals surface area (Å²) in [6.45, 7) is 4.28. The van der Waals surface area contributed by atoms with Gasteiger partial charge in [0.15, 0.2) is 0 Å². The minimum Gasteiger partial charge on any atom is -0.352 e. The van der Waals surface area contributed by atoms with Gasteiger partial charge >= 0.3 is 0 Å². The van der Waals surface area contributed by atoms with Crippen LogP contribution >= 0.6 is 11.8 Å². The van der Waals surface area contributed by atoms with Crippen LogP contribution in [0, 0.1) is 11.3 Å². The van der Waals surface area contributed by atoms with E-state index in [9.17, 15) is 5.26 Å². The number of aliphatic imine (C=N–C) groups is 1. The molecule has 0 spiro atoms. The third kappa shape index (κ3) is 4.03. The maximum absolute atomic E-state index is 9.48. The second-order valence-corrected chi connectivity index (χ2v) is 7.89. The van der Waals surface area contributed by atoms with Gasteiger partial charge in [0.25, 0.3) is 0 Å². The standard InChI is InChI=1S/C22H22N6S/c1-3-7-14(2)25-22-24-11-10-16(28-22)20-19(17(12-23)26-20)21-27-18(13-29-21)15-8-5-4-6-9-15/h4-6,8-11,13-14,20,27H,3,7H2,1-2H3,(H,24,25,28). The second kappa shape index (κ2) is 8.50. The number of anilines is 1. The fourth-order valence-corrected chi connectivity index (χ4v) is 4.30. The lowest BCUT2D eigenvalue weighted by molar-refractivity contribution is 0.680. The molecule has 1 aromatic heterocycles. The zero-order valence-corrected chi connectivity index (χ0v) is 17.2. The number of thioether (sulfide) groups is 1. The van der Waals surface area contributed by atoms with Crippen LogP contribution in [0.5, 0.6) is 0 Å². The van der Waals surface area contributed by atoms with Gasteiger partial charge in [0.05, 0.1) is 16.4 Å². The van der Waals surface area contributed by atoms with E-state index in [4.69, 9.17) is 0 Å². The van der Waals surface area contributed by atoms with Crippen LogP contribution in [-0.2, 0) is 0 Å². The van der Waals surface area contributed by atoms with Crippen molar-refractivity contribution in [3.05, 3.63) is 69.9 Å². The number of benzene rings is 1. The lowest BCUT2D eigenvalue weighted by Gasteiger charge is -2.26. The Kier molecular flexibility index (Phi) is 5.63. The van der Waals surface area contributed by atoms with Crippen LogP contribution in [0.4, 0.5) is 5.95 Å². The van der Waals surface area contributed by atoms with Crippen LogP contribution in [0.3, 0.4) is 0 Å². The van der Waals surface area contributed by atoms with E-state index in [2.05, 4.69) is 63.1 Å². The number of rotatable bonds is 6. The highest BCUT2D eigenvalue weighted by Crippen LogP contribution is 2.42. The summed E-state index contributed by atoms with van der Waals surface area (Å²) >= 11 is 1.58. The average Bonchev–Trinajstić information content (AvgIpc) is 3.18. The topological polar surface area (TPSA) is 86.0 Å². The molecule has 0 aliphatic carbocycles. The Balaban J connectivity index is 1.57. The van der Waals surface area contributed by atoms with Crippen molar-refractivity contribution in [2.24, 2.45) is 4.99 Å². The smallest absolute Gasteiger partial charge is 0.223 e. The van der Waals surface area contributed by atoms with Crippen molar-refractivity contribution in [1.29, 1.82) is 5.26 Å². The maximum atomic E-state index is 9.48. The summed E-state index contributed by atoms with van der Waals surface area (Å²) < 4.78 is 0. The summed E-state index contributed by atoms with van der Waals surface area (Å²) in [4.78, 5) is 13.5. The molecule has 146 valence electrons. The predicted molar refractivity (Wildman–Crippen MR) is 118 cm³/mol. The molecule has 2 N–H and O–H groups in total. The van der Waals surface area contributed by atoms with Crippen molar-refractivity contribution in [3.63, 3.8) is 0 Å². The normalized spacial score (nSPS) is 21.3. The van der Waals surface area contributed by atoms with Crippen molar-refractivity contribution < 1.29 is 0 Å². The molecule has 1 aromatic carbocycles. The summed E-state index contributed by atoms with van der Waals surface area (Å²) in [5, 5.41) is 19.3. The summed E-state index contributed by atoms with van der Waals surface area (Å²) in [5.74, 6) is 0.601. The molecule has 0 bridgehead atoms. The first-order chi connectivity index (χ1) is 14.2. The number of nitriles is 1. The Bertz CT molecular complexity index is 1030. The largest absolute Gasteiger partial charge is 0.352 e. The molecular formula is C22H22N6S. The Morgan fingerprint density at radius 2 is 2.10 bits per heavy atom. The van der Waals surface area contributed by atoms with Crippen molar-refractivity contribution in [2.75, 3.05) is 5.32 Å². The highest BCUT2D eigenvalue weighted by Gasteiger charge is 2.35. The van der Waals surface area contributed by atoms with E-state index in [1.165, 1.54) is 0 Å². The van der Waals surface area contributed by atoms with E-state index in [1.807, 2.05) is 24.3 Å². The van der Waals surface area contributed by atoms with E-state index in [-0.39, 0.29) is 6.04 Å². The highest BCUT2D eigenvalue weighted by atomic mass is 32.2. The third-order valence-corrected chi connectivity index (χ3v) is 5.73. The molecule has 4 rings (SSSR count). The number of aromatic nitrogens is 2. The summed E-state index contributed by atoms with van der Waals surface area (Å²) in [7, 11) is 0. The fraction of sp³-hybridized carbons (Fsp3) is 0.273. The van der Waals surface area contributed by atoms with Crippen LogP contribution in [0.2, 0.25) is 0 Å². The molecule has 2 aliphatic heterocycles. The number of nitrogens with one attached hydrogen (secondary N) is 2. The van der Waals surface area contributed by atoms with E-state index in [1.54, 1.807) is 18.0 Å². The first-order valence-corrected chi connectivity index (χ1v) is 10.6. The molecule has 0 radical (unpaired) electrons. The predicted octanol–water partition coefficient (Wildman–Crippen LogP) is 4.64. The minimum atomic E-state index is -0.256. The molecule has 7 heteroatoms. The third-order valence-electron chi connectivity index (χ3n) is 4.82. The molecule has 0 fully saturated rings. The molecule has 29 heavy (non-hydrogen) atoms. The molecule has 2 unspecified atom stereocenters. The molecule has 0 saturated heterocycles. The molecule has 2 aromatic rings. The van der Waals surface area contributed by atoms with Crippen molar-refractivity contribution >= 4 is 29.1 Å². The SMILES string of the molecule is CCCC(C)Nc1nccc(C2N=C(C#N)C2=C2NC(c3ccccc3)=CS2)n1. The Labute approximate surface area is 174 Å². The van der Waals surface area contributed by atoms with Crippen molar-refractivity contribution in [1.82, 2.24) is 15.3 Å². The summed E-state index contributed by atoms with van der Waals surface area (Å²) in [5.41, 5.74) is 4.29. The highest BCUT2D eigenvalue weighted by molar-refractivity contribution is 8.06. The Morgan fingerprint density at radius 1 is 1.28 bits per heavy atom. The Morgan fingerprint density at radius 3 is 2.86 bits per heavy atom. The minimum absolute atomic E-state index is 0.256. The van der Waals surface area contributed by atoms with Gasteiger partial charge in [-0.1, -0.05) is 55.4 Å². The van der Waals surface area contributed by atoms with Gasteiger partial charge in [-0.2, -0.15) is 5.26 Å².